The Bertz CT molecular complexity index is 985. The van der Waals surface area contributed by atoms with Gasteiger partial charge in [0.15, 0.2) is 0 Å². The molecule has 0 saturated heterocycles. The van der Waals surface area contributed by atoms with Crippen molar-refractivity contribution in [3.8, 4) is 5.75 Å². The molecule has 0 amide bonds. The van der Waals surface area contributed by atoms with Gasteiger partial charge < -0.3 is 21.3 Å². The van der Waals surface area contributed by atoms with Crippen molar-refractivity contribution in [1.29, 1.82) is 0 Å². The first-order chi connectivity index (χ1) is 13.3. The Labute approximate surface area is 163 Å². The van der Waals surface area contributed by atoms with Crippen molar-refractivity contribution < 1.29 is 19.4 Å². The van der Waals surface area contributed by atoms with Gasteiger partial charge in [-0.2, -0.15) is 0 Å². The van der Waals surface area contributed by atoms with Crippen LogP contribution in [0, 0.1) is 13.8 Å². The van der Waals surface area contributed by atoms with Crippen LogP contribution in [0.4, 0.5) is 11.4 Å². The fraction of sp³-hybridized carbons (Fsp3) is 0.0909. The van der Waals surface area contributed by atoms with E-state index in [4.69, 9.17) is 21.3 Å². The van der Waals surface area contributed by atoms with E-state index in [1.165, 1.54) is 12.1 Å². The van der Waals surface area contributed by atoms with Gasteiger partial charge >= 0.3 is 11.9 Å². The largest absolute Gasteiger partial charge is 0.478 e. The molecule has 0 aliphatic heterocycles. The van der Waals surface area contributed by atoms with Crippen LogP contribution in [0.2, 0.25) is 0 Å². The van der Waals surface area contributed by atoms with Crippen LogP contribution in [0.5, 0.6) is 5.75 Å². The van der Waals surface area contributed by atoms with Gasteiger partial charge in [-0.05, 0) is 61.4 Å². The fourth-order valence-corrected chi connectivity index (χ4v) is 2.20. The van der Waals surface area contributed by atoms with E-state index in [0.717, 1.165) is 11.1 Å². The summed E-state index contributed by atoms with van der Waals surface area (Å²) in [7, 11) is 0. The molecule has 6 heteroatoms. The standard InChI is InChI=1S/C14H13NO2.C8H9NO2/c1-10-7-8-11(9-13(10)15)14(16)17-12-5-3-2-4-6-12;1-5-2-3-6(8(10)11)4-7(5)9/h2-9H,15H2,1H3;2-4H,9H2,1H3,(H,10,11). The SMILES string of the molecule is Cc1ccc(C(=O)O)cc1N.Cc1ccc(C(=O)Oc2ccccc2)cc1N. The third-order valence-electron chi connectivity index (χ3n) is 3.99. The predicted octanol–water partition coefficient (Wildman–Crippen LogP) is 4.07. The number of ether oxygens (including phenoxy) is 1. The molecule has 0 bridgehead atoms. The number of hydrogen-bond acceptors (Lipinski definition) is 5. The van der Waals surface area contributed by atoms with Crippen molar-refractivity contribution in [3.63, 3.8) is 0 Å². The zero-order valence-corrected chi connectivity index (χ0v) is 15.7. The summed E-state index contributed by atoms with van der Waals surface area (Å²) in [5, 5.41) is 8.54. The summed E-state index contributed by atoms with van der Waals surface area (Å²) >= 11 is 0. The first-order valence-electron chi connectivity index (χ1n) is 8.50. The number of para-hydroxylation sites is 1. The molecule has 0 atom stereocenters. The number of esters is 1. The predicted molar refractivity (Wildman–Crippen MR) is 110 cm³/mol. The summed E-state index contributed by atoms with van der Waals surface area (Å²) in [4.78, 5) is 22.2. The Morgan fingerprint density at radius 3 is 1.79 bits per heavy atom. The van der Waals surface area contributed by atoms with E-state index >= 15 is 0 Å². The molecule has 5 N–H and O–H groups in total. The quantitative estimate of drug-likeness (QED) is 0.359. The van der Waals surface area contributed by atoms with Crippen molar-refractivity contribution in [2.75, 3.05) is 11.5 Å². The average Bonchev–Trinajstić information content (AvgIpc) is 2.67. The molecule has 0 aromatic heterocycles. The second kappa shape index (κ2) is 9.23. The van der Waals surface area contributed by atoms with Crippen molar-refractivity contribution in [1.82, 2.24) is 0 Å². The highest BCUT2D eigenvalue weighted by molar-refractivity contribution is 5.92. The summed E-state index contributed by atoms with van der Waals surface area (Å²) in [6.07, 6.45) is 0. The molecule has 0 aliphatic rings. The minimum absolute atomic E-state index is 0.230. The summed E-state index contributed by atoms with van der Waals surface area (Å²) in [5.41, 5.74) is 14.9. The maximum Gasteiger partial charge on any atom is 0.343 e. The lowest BCUT2D eigenvalue weighted by Crippen LogP contribution is -2.09. The molecule has 0 spiro atoms. The Hall–Kier alpha value is -3.80. The molecule has 3 aromatic rings. The molecule has 0 heterocycles. The van der Waals surface area contributed by atoms with Gasteiger partial charge in [0.05, 0.1) is 11.1 Å². The number of carboxylic acids is 1. The summed E-state index contributed by atoms with van der Waals surface area (Å²) in [5.74, 6) is -0.823. The smallest absolute Gasteiger partial charge is 0.343 e. The first kappa shape index (κ1) is 20.5. The number of aryl methyl sites for hydroxylation is 2. The zero-order chi connectivity index (χ0) is 20.7. The van der Waals surface area contributed by atoms with Gasteiger partial charge in [0.1, 0.15) is 5.75 Å². The Morgan fingerprint density at radius 1 is 0.786 bits per heavy atom. The molecule has 6 nitrogen and oxygen atoms in total. The fourth-order valence-electron chi connectivity index (χ4n) is 2.20. The second-order valence-corrected chi connectivity index (χ2v) is 6.15. The van der Waals surface area contributed by atoms with Crippen LogP contribution in [0.1, 0.15) is 31.8 Å². The van der Waals surface area contributed by atoms with Gasteiger partial charge in [0, 0.05) is 11.4 Å². The maximum atomic E-state index is 11.8. The highest BCUT2D eigenvalue weighted by Gasteiger charge is 2.09. The normalized spacial score (nSPS) is 9.79. The molecule has 28 heavy (non-hydrogen) atoms. The van der Waals surface area contributed by atoms with E-state index in [0.29, 0.717) is 22.7 Å². The van der Waals surface area contributed by atoms with Crippen LogP contribution >= 0.6 is 0 Å². The van der Waals surface area contributed by atoms with E-state index in [1.807, 2.05) is 32.0 Å². The van der Waals surface area contributed by atoms with Crippen molar-refractivity contribution in [2.24, 2.45) is 0 Å². The highest BCUT2D eigenvalue weighted by atomic mass is 16.5. The first-order valence-corrected chi connectivity index (χ1v) is 8.50. The molecule has 0 unspecified atom stereocenters. The number of nitrogen functional groups attached to an aromatic ring is 2. The van der Waals surface area contributed by atoms with Crippen molar-refractivity contribution in [3.05, 3.63) is 89.0 Å². The lowest BCUT2D eigenvalue weighted by Gasteiger charge is -2.05. The van der Waals surface area contributed by atoms with Gasteiger partial charge in [0.2, 0.25) is 0 Å². The number of aromatic carboxylic acids is 1. The Balaban J connectivity index is 0.000000221. The lowest BCUT2D eigenvalue weighted by molar-refractivity contribution is 0.0694. The topological polar surface area (TPSA) is 116 Å². The summed E-state index contributed by atoms with van der Waals surface area (Å²) in [6, 6.07) is 18.8. The van der Waals surface area contributed by atoms with Gasteiger partial charge in [-0.1, -0.05) is 30.3 Å². The van der Waals surface area contributed by atoms with Crippen LogP contribution in [0.3, 0.4) is 0 Å². The molecule has 3 aromatic carbocycles. The number of carboxylic acid groups (broad SMARTS) is 1. The number of anilines is 2. The van der Waals surface area contributed by atoms with E-state index in [-0.39, 0.29) is 5.56 Å². The number of hydrogen-bond donors (Lipinski definition) is 3. The van der Waals surface area contributed by atoms with Crippen LogP contribution in [0.15, 0.2) is 66.7 Å². The number of benzene rings is 3. The lowest BCUT2D eigenvalue weighted by atomic mass is 10.1. The highest BCUT2D eigenvalue weighted by Crippen LogP contribution is 2.16. The van der Waals surface area contributed by atoms with E-state index in [2.05, 4.69) is 0 Å². The van der Waals surface area contributed by atoms with E-state index in [1.54, 1.807) is 36.4 Å². The third kappa shape index (κ3) is 5.60. The number of rotatable bonds is 3. The Morgan fingerprint density at radius 2 is 1.29 bits per heavy atom. The number of nitrogens with two attached hydrogens (primary N) is 2. The number of carbonyl (C=O) groups excluding carboxylic acids is 1. The zero-order valence-electron chi connectivity index (χ0n) is 15.7. The van der Waals surface area contributed by atoms with Crippen molar-refractivity contribution >= 4 is 23.3 Å². The second-order valence-electron chi connectivity index (χ2n) is 6.15. The molecule has 0 aliphatic carbocycles. The van der Waals surface area contributed by atoms with Crippen LogP contribution in [-0.4, -0.2) is 17.0 Å². The molecule has 0 radical (unpaired) electrons. The molecular weight excluding hydrogens is 356 g/mol. The molecule has 0 saturated carbocycles. The maximum absolute atomic E-state index is 11.8. The molecule has 3 rings (SSSR count). The van der Waals surface area contributed by atoms with Crippen molar-refractivity contribution in [2.45, 2.75) is 13.8 Å². The minimum Gasteiger partial charge on any atom is -0.478 e. The van der Waals surface area contributed by atoms with Gasteiger partial charge in [0.25, 0.3) is 0 Å². The molecular formula is C22H22N2O4. The van der Waals surface area contributed by atoms with E-state index < -0.39 is 11.9 Å². The van der Waals surface area contributed by atoms with E-state index in [9.17, 15) is 9.59 Å². The minimum atomic E-state index is -0.947. The average molecular weight is 378 g/mol. The monoisotopic (exact) mass is 378 g/mol. The summed E-state index contributed by atoms with van der Waals surface area (Å²) < 4.78 is 5.20. The van der Waals surface area contributed by atoms with Crippen LogP contribution in [-0.2, 0) is 0 Å². The third-order valence-corrected chi connectivity index (χ3v) is 3.99. The summed E-state index contributed by atoms with van der Waals surface area (Å²) in [6.45, 7) is 3.72. The van der Waals surface area contributed by atoms with Crippen LogP contribution < -0.4 is 16.2 Å². The van der Waals surface area contributed by atoms with Gasteiger partial charge in [-0.25, -0.2) is 9.59 Å². The number of carbonyl (C=O) groups is 2. The molecule has 0 fully saturated rings. The van der Waals surface area contributed by atoms with Crippen LogP contribution in [0.25, 0.3) is 0 Å². The van der Waals surface area contributed by atoms with Gasteiger partial charge in [-0.3, -0.25) is 0 Å². The molecule has 144 valence electrons. The Kier molecular flexibility index (Phi) is 6.76. The van der Waals surface area contributed by atoms with Gasteiger partial charge in [-0.15, -0.1) is 0 Å².